The molecule has 0 radical (unpaired) electrons. The van der Waals surface area contributed by atoms with E-state index in [1.165, 1.54) is 6.07 Å². The van der Waals surface area contributed by atoms with Gasteiger partial charge in [-0.3, -0.25) is 14.8 Å². The van der Waals surface area contributed by atoms with Crippen LogP contribution >= 0.6 is 0 Å². The summed E-state index contributed by atoms with van der Waals surface area (Å²) in [5.41, 5.74) is 0.609. The molecule has 0 aliphatic heterocycles. The van der Waals surface area contributed by atoms with Gasteiger partial charge in [0.15, 0.2) is 5.75 Å². The van der Waals surface area contributed by atoms with E-state index in [1.54, 1.807) is 17.9 Å². The monoisotopic (exact) mass is 291 g/mol. The SMILES string of the molecule is Cn1cc(CCOc2cc(C(=O)O)ccc2[N+](=O)[O-])cn1. The second-order valence-electron chi connectivity index (χ2n) is 4.37. The molecule has 0 spiro atoms. The number of rotatable bonds is 6. The van der Waals surface area contributed by atoms with E-state index in [0.717, 1.165) is 17.7 Å². The van der Waals surface area contributed by atoms with Crippen LogP contribution in [0.25, 0.3) is 0 Å². The Morgan fingerprint density at radius 2 is 2.29 bits per heavy atom. The molecule has 0 bridgehead atoms. The van der Waals surface area contributed by atoms with Crippen LogP contribution in [0.2, 0.25) is 0 Å². The molecule has 2 rings (SSSR count). The number of carbonyl (C=O) groups is 1. The second kappa shape index (κ2) is 6.04. The summed E-state index contributed by atoms with van der Waals surface area (Å²) in [5.74, 6) is -1.22. The lowest BCUT2D eigenvalue weighted by molar-refractivity contribution is -0.385. The molecular weight excluding hydrogens is 278 g/mol. The van der Waals surface area contributed by atoms with Crippen molar-refractivity contribution in [3.05, 3.63) is 51.8 Å². The molecule has 2 aromatic rings. The quantitative estimate of drug-likeness (QED) is 0.640. The molecule has 21 heavy (non-hydrogen) atoms. The van der Waals surface area contributed by atoms with Crippen LogP contribution in [0.4, 0.5) is 5.69 Å². The minimum absolute atomic E-state index is 0.0520. The van der Waals surface area contributed by atoms with E-state index in [-0.39, 0.29) is 23.6 Å². The summed E-state index contributed by atoms with van der Waals surface area (Å²) in [7, 11) is 1.78. The van der Waals surface area contributed by atoms with E-state index >= 15 is 0 Å². The van der Waals surface area contributed by atoms with Crippen molar-refractivity contribution >= 4 is 11.7 Å². The smallest absolute Gasteiger partial charge is 0.335 e. The van der Waals surface area contributed by atoms with Crippen LogP contribution in [0.1, 0.15) is 15.9 Å². The van der Waals surface area contributed by atoms with Crippen LogP contribution in [0, 0.1) is 10.1 Å². The third-order valence-corrected chi connectivity index (χ3v) is 2.81. The standard InChI is InChI=1S/C13H13N3O5/c1-15-8-9(7-14-15)4-5-21-12-6-10(13(17)18)2-3-11(12)16(19)20/h2-3,6-8H,4-5H2,1H3,(H,17,18). The summed E-state index contributed by atoms with van der Waals surface area (Å²) in [6.45, 7) is 0.190. The summed E-state index contributed by atoms with van der Waals surface area (Å²) < 4.78 is 7.00. The van der Waals surface area contributed by atoms with E-state index in [0.29, 0.717) is 6.42 Å². The number of nitrogens with zero attached hydrogens (tertiary/aromatic N) is 3. The minimum Gasteiger partial charge on any atom is -0.486 e. The molecule has 0 fully saturated rings. The maximum Gasteiger partial charge on any atom is 0.335 e. The Hall–Kier alpha value is -2.90. The number of hydrogen-bond donors (Lipinski definition) is 1. The zero-order chi connectivity index (χ0) is 15.4. The Kier molecular flexibility index (Phi) is 4.17. The Morgan fingerprint density at radius 3 is 2.86 bits per heavy atom. The molecule has 0 atom stereocenters. The third-order valence-electron chi connectivity index (χ3n) is 2.81. The molecule has 110 valence electrons. The van der Waals surface area contributed by atoms with Gasteiger partial charge in [0.2, 0.25) is 0 Å². The van der Waals surface area contributed by atoms with Crippen LogP contribution in [-0.2, 0) is 13.5 Å². The molecule has 0 unspecified atom stereocenters. The van der Waals surface area contributed by atoms with E-state index in [4.69, 9.17) is 9.84 Å². The number of aryl methyl sites for hydroxylation is 1. The van der Waals surface area contributed by atoms with Crippen molar-refractivity contribution in [2.45, 2.75) is 6.42 Å². The van der Waals surface area contributed by atoms with Crippen LogP contribution in [0.3, 0.4) is 0 Å². The first-order valence-corrected chi connectivity index (χ1v) is 6.09. The Balaban J connectivity index is 2.11. The van der Waals surface area contributed by atoms with Crippen LogP contribution in [0.15, 0.2) is 30.6 Å². The summed E-state index contributed by atoms with van der Waals surface area (Å²) >= 11 is 0. The van der Waals surface area contributed by atoms with E-state index in [1.807, 2.05) is 6.20 Å². The van der Waals surface area contributed by atoms with Crippen molar-refractivity contribution in [1.29, 1.82) is 0 Å². The average molecular weight is 291 g/mol. The van der Waals surface area contributed by atoms with Crippen LogP contribution in [-0.4, -0.2) is 32.4 Å². The Labute approximate surface area is 119 Å². The highest BCUT2D eigenvalue weighted by atomic mass is 16.6. The molecule has 0 aliphatic carbocycles. The molecule has 1 heterocycles. The van der Waals surface area contributed by atoms with Crippen molar-refractivity contribution in [3.63, 3.8) is 0 Å². The number of aromatic carboxylic acids is 1. The number of nitro groups is 1. The van der Waals surface area contributed by atoms with E-state index < -0.39 is 10.9 Å². The van der Waals surface area contributed by atoms with Gasteiger partial charge < -0.3 is 9.84 Å². The lowest BCUT2D eigenvalue weighted by atomic mass is 10.2. The van der Waals surface area contributed by atoms with Crippen molar-refractivity contribution in [3.8, 4) is 5.75 Å². The average Bonchev–Trinajstić information content (AvgIpc) is 2.84. The highest BCUT2D eigenvalue weighted by molar-refractivity contribution is 5.88. The Bertz CT molecular complexity index is 680. The first-order chi connectivity index (χ1) is 9.97. The lowest BCUT2D eigenvalue weighted by Gasteiger charge is -2.07. The van der Waals surface area contributed by atoms with E-state index in [9.17, 15) is 14.9 Å². The number of aromatic nitrogens is 2. The number of ether oxygens (including phenoxy) is 1. The van der Waals surface area contributed by atoms with Gasteiger partial charge in [0, 0.05) is 31.8 Å². The fraction of sp³-hybridized carbons (Fsp3) is 0.231. The molecule has 8 heteroatoms. The van der Waals surface area contributed by atoms with Gasteiger partial charge in [0.05, 0.1) is 23.3 Å². The zero-order valence-electron chi connectivity index (χ0n) is 11.2. The largest absolute Gasteiger partial charge is 0.486 e. The fourth-order valence-electron chi connectivity index (χ4n) is 1.79. The first kappa shape index (κ1) is 14.5. The van der Waals surface area contributed by atoms with Crippen molar-refractivity contribution < 1.29 is 19.6 Å². The molecule has 0 aliphatic rings. The molecular formula is C13H13N3O5. The van der Waals surface area contributed by atoms with Gasteiger partial charge in [-0.25, -0.2) is 4.79 Å². The number of hydrogen-bond acceptors (Lipinski definition) is 5. The second-order valence-corrected chi connectivity index (χ2v) is 4.37. The number of carboxylic acid groups (broad SMARTS) is 1. The molecule has 1 aromatic heterocycles. The summed E-state index contributed by atoms with van der Waals surface area (Å²) in [4.78, 5) is 21.2. The predicted octanol–water partition coefficient (Wildman–Crippen LogP) is 1.65. The van der Waals surface area contributed by atoms with Gasteiger partial charge in [0.25, 0.3) is 0 Å². The maximum absolute atomic E-state index is 10.9. The van der Waals surface area contributed by atoms with Crippen molar-refractivity contribution in [2.75, 3.05) is 6.61 Å². The topological polar surface area (TPSA) is 107 Å². The predicted molar refractivity (Wildman–Crippen MR) is 72.5 cm³/mol. The van der Waals surface area contributed by atoms with Crippen molar-refractivity contribution in [1.82, 2.24) is 9.78 Å². The maximum atomic E-state index is 10.9. The molecule has 0 saturated carbocycles. The highest BCUT2D eigenvalue weighted by Crippen LogP contribution is 2.28. The summed E-state index contributed by atoms with van der Waals surface area (Å²) in [6.07, 6.45) is 4.00. The van der Waals surface area contributed by atoms with Gasteiger partial charge in [-0.05, 0) is 11.6 Å². The minimum atomic E-state index is -1.16. The van der Waals surface area contributed by atoms with Gasteiger partial charge in [0.1, 0.15) is 0 Å². The number of carboxylic acids is 1. The normalized spacial score (nSPS) is 10.3. The molecule has 1 N–H and O–H groups in total. The lowest BCUT2D eigenvalue weighted by Crippen LogP contribution is -2.05. The van der Waals surface area contributed by atoms with Crippen LogP contribution < -0.4 is 4.74 Å². The third kappa shape index (κ3) is 3.56. The van der Waals surface area contributed by atoms with Gasteiger partial charge in [-0.2, -0.15) is 5.10 Å². The fourth-order valence-corrected chi connectivity index (χ4v) is 1.79. The van der Waals surface area contributed by atoms with Gasteiger partial charge in [-0.1, -0.05) is 0 Å². The van der Waals surface area contributed by atoms with E-state index in [2.05, 4.69) is 5.10 Å². The number of benzene rings is 1. The molecule has 1 aromatic carbocycles. The number of nitro benzene ring substituents is 1. The Morgan fingerprint density at radius 1 is 1.52 bits per heavy atom. The summed E-state index contributed by atoms with van der Waals surface area (Å²) in [5, 5.41) is 23.8. The molecule has 8 nitrogen and oxygen atoms in total. The molecule has 0 saturated heterocycles. The van der Waals surface area contributed by atoms with Crippen molar-refractivity contribution in [2.24, 2.45) is 7.05 Å². The summed E-state index contributed by atoms with van der Waals surface area (Å²) in [6, 6.07) is 3.46. The first-order valence-electron chi connectivity index (χ1n) is 6.09. The van der Waals surface area contributed by atoms with Crippen LogP contribution in [0.5, 0.6) is 5.75 Å². The zero-order valence-corrected chi connectivity index (χ0v) is 11.2. The van der Waals surface area contributed by atoms with Gasteiger partial charge in [-0.15, -0.1) is 0 Å². The highest BCUT2D eigenvalue weighted by Gasteiger charge is 2.17. The van der Waals surface area contributed by atoms with Gasteiger partial charge >= 0.3 is 11.7 Å². The molecule has 0 amide bonds.